The molecule has 6 heteroatoms. The number of hydrogen-bond acceptors (Lipinski definition) is 3. The van der Waals surface area contributed by atoms with Crippen molar-refractivity contribution in [1.82, 2.24) is 5.23 Å². The van der Waals surface area contributed by atoms with E-state index in [2.05, 4.69) is 0 Å². The fraction of sp³-hybridized carbons (Fsp3) is 0.0714. The number of hydrogen-bond donors (Lipinski definition) is 0. The zero-order valence-electron chi connectivity index (χ0n) is 10.5. The molecule has 0 N–H and O–H groups in total. The van der Waals surface area contributed by atoms with E-state index < -0.39 is 5.91 Å². The van der Waals surface area contributed by atoms with Gasteiger partial charge in [0.2, 0.25) is 0 Å². The van der Waals surface area contributed by atoms with Crippen molar-refractivity contribution in [2.75, 3.05) is 0 Å². The molecule has 0 aromatic heterocycles. The Morgan fingerprint density at radius 1 is 0.850 bits per heavy atom. The van der Waals surface area contributed by atoms with Crippen LogP contribution in [0.2, 0.25) is 10.0 Å². The first kappa shape index (κ1) is 14.5. The molecule has 0 heterocycles. The third kappa shape index (κ3) is 4.05. The zero-order chi connectivity index (χ0) is 14.5. The van der Waals surface area contributed by atoms with Crippen LogP contribution in [0, 0.1) is 0 Å². The van der Waals surface area contributed by atoms with Gasteiger partial charge in [-0.15, -0.1) is 0 Å². The second-order valence-corrected chi connectivity index (χ2v) is 4.74. The number of benzene rings is 2. The molecule has 0 unspecified atom stereocenters. The molecular formula is C14H11Cl2NO3. The average Bonchev–Trinajstić information content (AvgIpc) is 2.42. The van der Waals surface area contributed by atoms with Crippen molar-refractivity contribution >= 4 is 29.1 Å². The first-order valence-electron chi connectivity index (χ1n) is 5.72. The summed E-state index contributed by atoms with van der Waals surface area (Å²) in [5.41, 5.74) is 0. The molecule has 20 heavy (non-hydrogen) atoms. The van der Waals surface area contributed by atoms with Crippen LogP contribution in [0.15, 0.2) is 48.5 Å². The molecular weight excluding hydrogens is 301 g/mol. The van der Waals surface area contributed by atoms with Crippen LogP contribution in [-0.2, 0) is 4.79 Å². The van der Waals surface area contributed by atoms with Crippen molar-refractivity contribution in [3.05, 3.63) is 58.6 Å². The Morgan fingerprint density at radius 2 is 1.20 bits per heavy atom. The average molecular weight is 312 g/mol. The molecule has 0 spiro atoms. The number of carbonyl (C=O) groups is 1. The standard InChI is InChI=1S/C14H11Cl2NO3/c1-10(18)17(19-13-6-2-11(15)3-7-13)20-14-8-4-12(16)5-9-14/h2-9H,1H3. The summed E-state index contributed by atoms with van der Waals surface area (Å²) >= 11 is 11.6. The smallest absolute Gasteiger partial charge is 0.293 e. The van der Waals surface area contributed by atoms with E-state index in [1.165, 1.54) is 6.92 Å². The van der Waals surface area contributed by atoms with Crippen LogP contribution in [0.5, 0.6) is 11.5 Å². The Hall–Kier alpha value is -1.91. The molecule has 104 valence electrons. The predicted octanol–water partition coefficient (Wildman–Crippen LogP) is 4.13. The number of halogens is 2. The van der Waals surface area contributed by atoms with E-state index in [9.17, 15) is 4.79 Å². The summed E-state index contributed by atoms with van der Waals surface area (Å²) in [6.07, 6.45) is 0. The minimum absolute atomic E-state index is 0.407. The third-order valence-electron chi connectivity index (χ3n) is 2.26. The molecule has 0 saturated heterocycles. The maximum atomic E-state index is 11.5. The highest BCUT2D eigenvalue weighted by Gasteiger charge is 2.13. The van der Waals surface area contributed by atoms with Gasteiger partial charge in [-0.05, 0) is 48.5 Å². The van der Waals surface area contributed by atoms with Gasteiger partial charge in [-0.3, -0.25) is 4.79 Å². The van der Waals surface area contributed by atoms with Gasteiger partial charge in [0, 0.05) is 22.2 Å². The van der Waals surface area contributed by atoms with Crippen LogP contribution in [0.1, 0.15) is 6.92 Å². The molecule has 0 aliphatic carbocycles. The van der Waals surface area contributed by atoms with Crippen molar-refractivity contribution in [2.45, 2.75) is 6.92 Å². The van der Waals surface area contributed by atoms with Crippen LogP contribution in [-0.4, -0.2) is 11.1 Å². The lowest BCUT2D eigenvalue weighted by atomic mass is 10.3. The number of rotatable bonds is 4. The highest BCUT2D eigenvalue weighted by Crippen LogP contribution is 2.20. The number of nitrogens with zero attached hydrogens (tertiary/aromatic N) is 1. The second kappa shape index (κ2) is 6.50. The molecule has 2 aromatic rings. The predicted molar refractivity (Wildman–Crippen MR) is 76.7 cm³/mol. The van der Waals surface area contributed by atoms with Crippen molar-refractivity contribution in [1.29, 1.82) is 0 Å². The van der Waals surface area contributed by atoms with Gasteiger partial charge in [0.1, 0.15) is 0 Å². The maximum Gasteiger partial charge on any atom is 0.293 e. The van der Waals surface area contributed by atoms with Gasteiger partial charge < -0.3 is 9.68 Å². The van der Waals surface area contributed by atoms with Gasteiger partial charge >= 0.3 is 0 Å². The van der Waals surface area contributed by atoms with Crippen molar-refractivity contribution in [3.63, 3.8) is 0 Å². The second-order valence-electron chi connectivity index (χ2n) is 3.87. The molecule has 0 saturated carbocycles. The molecule has 0 aliphatic heterocycles. The minimum Gasteiger partial charge on any atom is -0.343 e. The summed E-state index contributed by atoms with van der Waals surface area (Å²) in [5, 5.41) is 1.93. The largest absolute Gasteiger partial charge is 0.343 e. The van der Waals surface area contributed by atoms with Crippen molar-refractivity contribution < 1.29 is 14.5 Å². The Morgan fingerprint density at radius 3 is 1.50 bits per heavy atom. The van der Waals surface area contributed by atoms with Crippen LogP contribution < -0.4 is 9.68 Å². The fourth-order valence-electron chi connectivity index (χ4n) is 1.33. The molecule has 1 amide bonds. The van der Waals surface area contributed by atoms with Gasteiger partial charge in [-0.2, -0.15) is 0 Å². The van der Waals surface area contributed by atoms with Crippen LogP contribution in [0.25, 0.3) is 0 Å². The van der Waals surface area contributed by atoms with Crippen LogP contribution >= 0.6 is 23.2 Å². The lowest BCUT2D eigenvalue weighted by molar-refractivity contribution is -0.243. The Bertz CT molecular complexity index is 537. The van der Waals surface area contributed by atoms with Gasteiger partial charge in [0.25, 0.3) is 5.91 Å². The SMILES string of the molecule is CC(=O)N(Oc1ccc(Cl)cc1)Oc1ccc(Cl)cc1. The first-order valence-corrected chi connectivity index (χ1v) is 6.48. The quantitative estimate of drug-likeness (QED) is 0.797. The molecule has 2 rings (SSSR count). The van der Waals surface area contributed by atoms with Crippen LogP contribution in [0.4, 0.5) is 0 Å². The maximum absolute atomic E-state index is 11.5. The van der Waals surface area contributed by atoms with E-state index in [4.69, 9.17) is 32.9 Å². The molecule has 0 bridgehead atoms. The highest BCUT2D eigenvalue weighted by molar-refractivity contribution is 6.30. The molecule has 0 fully saturated rings. The zero-order valence-corrected chi connectivity index (χ0v) is 12.1. The van der Waals surface area contributed by atoms with Gasteiger partial charge in [0.05, 0.1) is 0 Å². The Balaban J connectivity index is 2.09. The summed E-state index contributed by atoms with van der Waals surface area (Å²) in [7, 11) is 0. The lowest BCUT2D eigenvalue weighted by Gasteiger charge is -2.20. The summed E-state index contributed by atoms with van der Waals surface area (Å²) in [6, 6.07) is 13.1. The van der Waals surface area contributed by atoms with Crippen molar-refractivity contribution in [2.24, 2.45) is 0 Å². The first-order chi connectivity index (χ1) is 9.54. The monoisotopic (exact) mass is 311 g/mol. The number of amides is 1. The molecule has 0 aliphatic rings. The van der Waals surface area contributed by atoms with E-state index >= 15 is 0 Å². The third-order valence-corrected chi connectivity index (χ3v) is 2.76. The van der Waals surface area contributed by atoms with E-state index in [0.29, 0.717) is 21.5 Å². The molecule has 0 radical (unpaired) electrons. The Labute approximate surface area is 126 Å². The van der Waals surface area contributed by atoms with E-state index in [1.807, 2.05) is 0 Å². The van der Waals surface area contributed by atoms with Gasteiger partial charge in [0.15, 0.2) is 11.5 Å². The fourth-order valence-corrected chi connectivity index (χ4v) is 1.58. The molecule has 0 atom stereocenters. The number of carbonyl (C=O) groups excluding carboxylic acids is 1. The summed E-state index contributed by atoms with van der Waals surface area (Å²) in [5.74, 6) is 0.451. The Kier molecular flexibility index (Phi) is 4.71. The summed E-state index contributed by atoms with van der Waals surface area (Å²) in [6.45, 7) is 1.33. The van der Waals surface area contributed by atoms with E-state index in [1.54, 1.807) is 48.5 Å². The molecule has 4 nitrogen and oxygen atoms in total. The summed E-state index contributed by atoms with van der Waals surface area (Å²) in [4.78, 5) is 22.2. The minimum atomic E-state index is -0.407. The highest BCUT2D eigenvalue weighted by atomic mass is 35.5. The normalized spacial score (nSPS) is 9.95. The topological polar surface area (TPSA) is 38.8 Å². The van der Waals surface area contributed by atoms with E-state index in [0.717, 1.165) is 5.23 Å². The molecule has 2 aromatic carbocycles. The van der Waals surface area contributed by atoms with Crippen molar-refractivity contribution in [3.8, 4) is 11.5 Å². The van der Waals surface area contributed by atoms with Gasteiger partial charge in [-0.1, -0.05) is 23.2 Å². The number of hydroxylamine groups is 2. The van der Waals surface area contributed by atoms with Gasteiger partial charge in [-0.25, -0.2) is 0 Å². The lowest BCUT2D eigenvalue weighted by Crippen LogP contribution is -2.35. The van der Waals surface area contributed by atoms with Crippen LogP contribution in [0.3, 0.4) is 0 Å². The van der Waals surface area contributed by atoms with E-state index in [-0.39, 0.29) is 0 Å². The summed E-state index contributed by atoms with van der Waals surface area (Å²) < 4.78 is 0.